The van der Waals surface area contributed by atoms with Gasteiger partial charge in [0.15, 0.2) is 5.82 Å². The second-order valence-electron chi connectivity index (χ2n) is 3.73. The molecule has 17 heavy (non-hydrogen) atoms. The average Bonchev–Trinajstić information content (AvgIpc) is 2.72. The van der Waals surface area contributed by atoms with E-state index in [-0.39, 0.29) is 5.69 Å². The van der Waals surface area contributed by atoms with E-state index in [0.717, 1.165) is 17.0 Å². The lowest BCUT2D eigenvalue weighted by Crippen LogP contribution is -1.98. The van der Waals surface area contributed by atoms with Gasteiger partial charge in [-0.15, -0.1) is 0 Å². The smallest absolute Gasteiger partial charge is 0.151 e. The zero-order valence-corrected chi connectivity index (χ0v) is 8.77. The van der Waals surface area contributed by atoms with Gasteiger partial charge in [0.2, 0.25) is 0 Å². The van der Waals surface area contributed by atoms with Crippen molar-refractivity contribution in [1.29, 1.82) is 0 Å². The minimum absolute atomic E-state index is 0.239. The Morgan fingerprint density at radius 2 is 1.82 bits per heavy atom. The monoisotopic (exact) mass is 230 g/mol. The molecular weight excluding hydrogens is 222 g/mol. The standard InChI is InChI=1S/C13H8F2N2/c14-10-5-6-13(11(15)7-10)17-8-9-3-1-2-4-12(9)16-17/h1-8H. The first-order chi connectivity index (χ1) is 8.24. The van der Waals surface area contributed by atoms with E-state index >= 15 is 0 Å². The molecule has 0 spiro atoms. The summed E-state index contributed by atoms with van der Waals surface area (Å²) in [5.74, 6) is -1.22. The summed E-state index contributed by atoms with van der Waals surface area (Å²) < 4.78 is 27.8. The van der Waals surface area contributed by atoms with E-state index in [0.29, 0.717) is 0 Å². The summed E-state index contributed by atoms with van der Waals surface area (Å²) in [4.78, 5) is 0. The Balaban J connectivity index is 2.20. The van der Waals surface area contributed by atoms with Crippen molar-refractivity contribution in [3.05, 3.63) is 60.3 Å². The Morgan fingerprint density at radius 1 is 1.00 bits per heavy atom. The number of aromatic nitrogens is 2. The van der Waals surface area contributed by atoms with Crippen molar-refractivity contribution in [2.45, 2.75) is 0 Å². The summed E-state index contributed by atoms with van der Waals surface area (Å²) in [6, 6.07) is 10.9. The van der Waals surface area contributed by atoms with Crippen LogP contribution in [0.3, 0.4) is 0 Å². The van der Waals surface area contributed by atoms with Crippen LogP contribution in [0.4, 0.5) is 8.78 Å². The number of nitrogens with zero attached hydrogens (tertiary/aromatic N) is 2. The first-order valence-corrected chi connectivity index (χ1v) is 5.14. The summed E-state index contributed by atoms with van der Waals surface area (Å²) in [6.07, 6.45) is 1.71. The Labute approximate surface area is 96.1 Å². The fourth-order valence-corrected chi connectivity index (χ4v) is 1.75. The van der Waals surface area contributed by atoms with E-state index in [9.17, 15) is 8.78 Å². The van der Waals surface area contributed by atoms with E-state index in [2.05, 4.69) is 5.10 Å². The topological polar surface area (TPSA) is 17.8 Å². The van der Waals surface area contributed by atoms with Gasteiger partial charge in [-0.1, -0.05) is 18.2 Å². The van der Waals surface area contributed by atoms with Crippen LogP contribution in [-0.2, 0) is 0 Å². The SMILES string of the molecule is Fc1ccc(-n2cc3ccccc3n2)c(F)c1. The molecule has 0 aliphatic heterocycles. The van der Waals surface area contributed by atoms with Crippen LogP contribution in [0, 0.1) is 11.6 Å². The molecular formula is C13H8F2N2. The quantitative estimate of drug-likeness (QED) is 0.627. The fourth-order valence-electron chi connectivity index (χ4n) is 1.75. The molecule has 0 fully saturated rings. The van der Waals surface area contributed by atoms with Gasteiger partial charge in [-0.2, -0.15) is 5.10 Å². The van der Waals surface area contributed by atoms with Crippen LogP contribution in [0.1, 0.15) is 0 Å². The number of halogens is 2. The molecule has 1 aromatic heterocycles. The van der Waals surface area contributed by atoms with E-state index in [4.69, 9.17) is 0 Å². The van der Waals surface area contributed by atoms with Gasteiger partial charge in [0.25, 0.3) is 0 Å². The molecule has 84 valence electrons. The van der Waals surface area contributed by atoms with Crippen LogP contribution in [0.25, 0.3) is 16.6 Å². The normalized spacial score (nSPS) is 10.9. The Kier molecular flexibility index (Phi) is 2.14. The molecule has 0 saturated carbocycles. The predicted octanol–water partition coefficient (Wildman–Crippen LogP) is 3.30. The molecule has 4 heteroatoms. The van der Waals surface area contributed by atoms with Crippen LogP contribution in [-0.4, -0.2) is 9.78 Å². The number of hydrogen-bond donors (Lipinski definition) is 0. The lowest BCUT2D eigenvalue weighted by atomic mass is 10.2. The van der Waals surface area contributed by atoms with Gasteiger partial charge in [0, 0.05) is 17.6 Å². The summed E-state index contributed by atoms with van der Waals surface area (Å²) >= 11 is 0. The van der Waals surface area contributed by atoms with Crippen molar-refractivity contribution in [3.63, 3.8) is 0 Å². The molecule has 0 unspecified atom stereocenters. The molecule has 0 N–H and O–H groups in total. The third-order valence-electron chi connectivity index (χ3n) is 2.57. The highest BCUT2D eigenvalue weighted by atomic mass is 19.1. The summed E-state index contributed by atoms with van der Waals surface area (Å²) in [5.41, 5.74) is 1.01. The summed E-state index contributed by atoms with van der Waals surface area (Å²) in [5, 5.41) is 5.14. The third kappa shape index (κ3) is 1.67. The summed E-state index contributed by atoms with van der Waals surface area (Å²) in [7, 11) is 0. The molecule has 2 nitrogen and oxygen atoms in total. The van der Waals surface area contributed by atoms with E-state index in [1.807, 2.05) is 24.3 Å². The zero-order valence-electron chi connectivity index (χ0n) is 8.77. The van der Waals surface area contributed by atoms with Crippen LogP contribution >= 0.6 is 0 Å². The van der Waals surface area contributed by atoms with Gasteiger partial charge in [-0.25, -0.2) is 13.5 Å². The van der Waals surface area contributed by atoms with Crippen LogP contribution in [0.2, 0.25) is 0 Å². The number of benzene rings is 2. The van der Waals surface area contributed by atoms with Gasteiger partial charge < -0.3 is 0 Å². The molecule has 0 aliphatic carbocycles. The number of hydrogen-bond acceptors (Lipinski definition) is 1. The molecule has 0 amide bonds. The molecule has 2 aromatic carbocycles. The van der Waals surface area contributed by atoms with E-state index in [1.54, 1.807) is 6.20 Å². The molecule has 3 aromatic rings. The van der Waals surface area contributed by atoms with Gasteiger partial charge in [0.1, 0.15) is 11.5 Å². The maximum absolute atomic E-state index is 13.6. The van der Waals surface area contributed by atoms with Gasteiger partial charge in [0.05, 0.1) is 5.52 Å². The second kappa shape index (κ2) is 3.66. The third-order valence-corrected chi connectivity index (χ3v) is 2.57. The first-order valence-electron chi connectivity index (χ1n) is 5.14. The molecule has 0 aliphatic rings. The van der Waals surface area contributed by atoms with Crippen molar-refractivity contribution in [2.24, 2.45) is 0 Å². The van der Waals surface area contributed by atoms with Crippen LogP contribution < -0.4 is 0 Å². The average molecular weight is 230 g/mol. The van der Waals surface area contributed by atoms with E-state index < -0.39 is 11.6 Å². The molecule has 1 heterocycles. The zero-order chi connectivity index (χ0) is 11.8. The van der Waals surface area contributed by atoms with Crippen molar-refractivity contribution in [2.75, 3.05) is 0 Å². The van der Waals surface area contributed by atoms with Crippen LogP contribution in [0.15, 0.2) is 48.7 Å². The number of fused-ring (bicyclic) bond motifs is 1. The van der Waals surface area contributed by atoms with Gasteiger partial charge in [-0.05, 0) is 18.2 Å². The molecule has 0 atom stereocenters. The van der Waals surface area contributed by atoms with Crippen molar-refractivity contribution in [3.8, 4) is 5.69 Å². The maximum atomic E-state index is 13.6. The predicted molar refractivity (Wildman–Crippen MR) is 61.0 cm³/mol. The molecule has 0 bridgehead atoms. The van der Waals surface area contributed by atoms with Crippen molar-refractivity contribution < 1.29 is 8.78 Å². The minimum atomic E-state index is -0.627. The van der Waals surface area contributed by atoms with Crippen molar-refractivity contribution >= 4 is 10.9 Å². The lowest BCUT2D eigenvalue weighted by molar-refractivity contribution is 0.574. The van der Waals surface area contributed by atoms with Crippen LogP contribution in [0.5, 0.6) is 0 Å². The van der Waals surface area contributed by atoms with Gasteiger partial charge in [-0.3, -0.25) is 0 Å². The summed E-state index contributed by atoms with van der Waals surface area (Å²) in [6.45, 7) is 0. The lowest BCUT2D eigenvalue weighted by Gasteiger charge is -2.02. The molecule has 0 radical (unpaired) electrons. The number of rotatable bonds is 1. The van der Waals surface area contributed by atoms with Gasteiger partial charge >= 0.3 is 0 Å². The van der Waals surface area contributed by atoms with E-state index in [1.165, 1.54) is 16.8 Å². The van der Waals surface area contributed by atoms with Crippen molar-refractivity contribution in [1.82, 2.24) is 9.78 Å². The first kappa shape index (κ1) is 9.96. The Hall–Kier alpha value is -2.23. The highest BCUT2D eigenvalue weighted by molar-refractivity contribution is 5.78. The minimum Gasteiger partial charge on any atom is -0.237 e. The highest BCUT2D eigenvalue weighted by Gasteiger charge is 2.07. The second-order valence-corrected chi connectivity index (χ2v) is 3.73. The largest absolute Gasteiger partial charge is 0.237 e. The Morgan fingerprint density at radius 3 is 2.59 bits per heavy atom. The fraction of sp³-hybridized carbons (Fsp3) is 0. The Bertz CT molecular complexity index is 656. The maximum Gasteiger partial charge on any atom is 0.151 e. The molecule has 3 rings (SSSR count). The highest BCUT2D eigenvalue weighted by Crippen LogP contribution is 2.18. The molecule has 0 saturated heterocycles.